The minimum atomic E-state index is -0.299. The van der Waals surface area contributed by atoms with Crippen molar-refractivity contribution in [1.82, 2.24) is 15.3 Å². The number of nitrogens with zero attached hydrogens (tertiary/aromatic N) is 2. The van der Waals surface area contributed by atoms with E-state index < -0.39 is 0 Å². The molecule has 27 heavy (non-hydrogen) atoms. The van der Waals surface area contributed by atoms with E-state index >= 15 is 0 Å². The van der Waals surface area contributed by atoms with Gasteiger partial charge in [-0.25, -0.2) is 9.97 Å². The number of fused-ring (bicyclic) bond motifs is 4. The van der Waals surface area contributed by atoms with Crippen molar-refractivity contribution in [3.63, 3.8) is 0 Å². The highest BCUT2D eigenvalue weighted by Gasteiger charge is 2.53. The van der Waals surface area contributed by atoms with E-state index in [1.165, 1.54) is 13.4 Å². The highest BCUT2D eigenvalue weighted by molar-refractivity contribution is 5.95. The molecule has 144 valence electrons. The standard InChI is InChI=1S/C20H26N4O3/c1-12-9-13(21)15-14(12)16(24-11-23-15)17(25)22-10-19-3-6-20(7-4-19,8-5-19)18(26)27-2/h9,11-12H,3-8,10,21H2,1-2H3,(H,22,25). The first kappa shape index (κ1) is 17.9. The maximum Gasteiger partial charge on any atom is 0.311 e. The van der Waals surface area contributed by atoms with Crippen LogP contribution in [0.2, 0.25) is 0 Å². The summed E-state index contributed by atoms with van der Waals surface area (Å²) in [6, 6.07) is 0. The SMILES string of the molecule is COC(=O)C12CCC(CNC(=O)c3ncnc4c3C(C)C=C4N)(CC1)CC2. The highest BCUT2D eigenvalue weighted by atomic mass is 16.5. The number of aromatic nitrogens is 2. The second kappa shape index (κ2) is 6.32. The average Bonchev–Trinajstić information content (AvgIpc) is 3.01. The lowest BCUT2D eigenvalue weighted by molar-refractivity contribution is -0.162. The van der Waals surface area contributed by atoms with Gasteiger partial charge >= 0.3 is 5.97 Å². The number of rotatable bonds is 4. The summed E-state index contributed by atoms with van der Waals surface area (Å²) in [5.41, 5.74) is 8.26. The second-order valence-electron chi connectivity index (χ2n) is 8.35. The normalized spacial score (nSPS) is 31.2. The van der Waals surface area contributed by atoms with Crippen LogP contribution in [-0.4, -0.2) is 35.5 Å². The first-order valence-electron chi connectivity index (χ1n) is 9.59. The van der Waals surface area contributed by atoms with Gasteiger partial charge in [-0.1, -0.05) is 13.0 Å². The fourth-order valence-corrected chi connectivity index (χ4v) is 5.07. The molecule has 1 atom stereocenters. The molecule has 2 bridgehead atoms. The Balaban J connectivity index is 1.44. The number of hydrogen-bond donors (Lipinski definition) is 2. The number of esters is 1. The maximum atomic E-state index is 12.8. The van der Waals surface area contributed by atoms with Crippen molar-refractivity contribution in [3.05, 3.63) is 29.4 Å². The Kier molecular flexibility index (Phi) is 4.20. The Bertz CT molecular complexity index is 808. The first-order valence-corrected chi connectivity index (χ1v) is 9.59. The quantitative estimate of drug-likeness (QED) is 0.786. The topological polar surface area (TPSA) is 107 Å². The van der Waals surface area contributed by atoms with Crippen LogP contribution in [0.4, 0.5) is 0 Å². The van der Waals surface area contributed by atoms with Gasteiger partial charge in [-0.3, -0.25) is 9.59 Å². The maximum absolute atomic E-state index is 12.8. The fourth-order valence-electron chi connectivity index (χ4n) is 5.07. The van der Waals surface area contributed by atoms with Crippen molar-refractivity contribution >= 4 is 17.6 Å². The summed E-state index contributed by atoms with van der Waals surface area (Å²) in [6.45, 7) is 2.60. The van der Waals surface area contributed by atoms with Gasteiger partial charge in [0.15, 0.2) is 0 Å². The van der Waals surface area contributed by atoms with Gasteiger partial charge in [-0.15, -0.1) is 0 Å². The Hall–Kier alpha value is -2.44. The summed E-state index contributed by atoms with van der Waals surface area (Å²) in [5.74, 6) is -0.214. The molecule has 4 aliphatic rings. The van der Waals surface area contributed by atoms with Gasteiger partial charge in [0.2, 0.25) is 0 Å². The van der Waals surface area contributed by atoms with Gasteiger partial charge in [0.1, 0.15) is 12.0 Å². The van der Waals surface area contributed by atoms with Crippen LogP contribution in [0, 0.1) is 10.8 Å². The van der Waals surface area contributed by atoms with Crippen LogP contribution in [0.5, 0.6) is 0 Å². The highest BCUT2D eigenvalue weighted by Crippen LogP contribution is 2.57. The van der Waals surface area contributed by atoms with Crippen LogP contribution in [0.25, 0.3) is 5.70 Å². The van der Waals surface area contributed by atoms with Crippen molar-refractivity contribution < 1.29 is 14.3 Å². The van der Waals surface area contributed by atoms with Gasteiger partial charge in [-0.05, 0) is 43.9 Å². The molecule has 5 rings (SSSR count). The smallest absolute Gasteiger partial charge is 0.311 e. The molecule has 4 aliphatic carbocycles. The van der Waals surface area contributed by atoms with E-state index in [1.807, 2.05) is 13.0 Å². The monoisotopic (exact) mass is 370 g/mol. The third-order valence-electron chi connectivity index (χ3n) is 6.90. The van der Waals surface area contributed by atoms with Gasteiger partial charge in [0.05, 0.1) is 23.9 Å². The van der Waals surface area contributed by atoms with E-state index in [9.17, 15) is 9.59 Å². The predicted molar refractivity (Wildman–Crippen MR) is 99.5 cm³/mol. The van der Waals surface area contributed by atoms with E-state index in [-0.39, 0.29) is 28.6 Å². The number of allylic oxidation sites excluding steroid dienone is 1. The summed E-state index contributed by atoms with van der Waals surface area (Å²) in [7, 11) is 1.47. The molecule has 7 nitrogen and oxygen atoms in total. The largest absolute Gasteiger partial charge is 0.469 e. The summed E-state index contributed by atoms with van der Waals surface area (Å²) < 4.78 is 5.02. The lowest BCUT2D eigenvalue weighted by atomic mass is 9.53. The van der Waals surface area contributed by atoms with Crippen molar-refractivity contribution in [2.45, 2.75) is 51.4 Å². The number of carbonyl (C=O) groups is 2. The number of nitrogens with one attached hydrogen (secondary N) is 1. The number of methoxy groups -OCH3 is 1. The molecule has 1 aromatic rings. The Morgan fingerprint density at radius 1 is 1.22 bits per heavy atom. The molecule has 3 fully saturated rings. The molecule has 3 N–H and O–H groups in total. The van der Waals surface area contributed by atoms with Gasteiger partial charge in [0, 0.05) is 18.0 Å². The molecule has 1 unspecified atom stereocenters. The fraction of sp³-hybridized carbons (Fsp3) is 0.600. The van der Waals surface area contributed by atoms with Crippen LogP contribution in [0.1, 0.15) is 73.1 Å². The van der Waals surface area contributed by atoms with E-state index in [2.05, 4.69) is 15.3 Å². The Morgan fingerprint density at radius 2 is 1.89 bits per heavy atom. The second-order valence-corrected chi connectivity index (χ2v) is 8.35. The molecular weight excluding hydrogens is 344 g/mol. The van der Waals surface area contributed by atoms with E-state index in [0.29, 0.717) is 23.6 Å². The predicted octanol–water partition coefficient (Wildman–Crippen LogP) is 2.14. The molecule has 3 saturated carbocycles. The van der Waals surface area contributed by atoms with Gasteiger partial charge in [0.25, 0.3) is 5.91 Å². The molecule has 0 aromatic carbocycles. The van der Waals surface area contributed by atoms with Gasteiger partial charge in [-0.2, -0.15) is 0 Å². The van der Waals surface area contributed by atoms with E-state index in [0.717, 1.165) is 44.1 Å². The van der Waals surface area contributed by atoms with Crippen LogP contribution in [0.15, 0.2) is 12.4 Å². The molecule has 0 spiro atoms. The van der Waals surface area contributed by atoms with Crippen molar-refractivity contribution in [2.24, 2.45) is 16.6 Å². The summed E-state index contributed by atoms with van der Waals surface area (Å²) >= 11 is 0. The third kappa shape index (κ3) is 2.80. The summed E-state index contributed by atoms with van der Waals surface area (Å²) in [4.78, 5) is 33.4. The average molecular weight is 370 g/mol. The molecule has 1 heterocycles. The first-order chi connectivity index (χ1) is 12.9. The molecule has 1 aromatic heterocycles. The molecule has 7 heteroatoms. The van der Waals surface area contributed by atoms with Crippen molar-refractivity contribution in [1.29, 1.82) is 0 Å². The Morgan fingerprint density at radius 3 is 2.52 bits per heavy atom. The zero-order valence-corrected chi connectivity index (χ0v) is 15.9. The number of hydrogen-bond acceptors (Lipinski definition) is 6. The number of amides is 1. The van der Waals surface area contributed by atoms with E-state index in [4.69, 9.17) is 10.5 Å². The minimum absolute atomic E-state index is 0.0325. The molecule has 0 radical (unpaired) electrons. The van der Waals surface area contributed by atoms with Crippen molar-refractivity contribution in [3.8, 4) is 0 Å². The summed E-state index contributed by atoms with van der Waals surface area (Å²) in [6.07, 6.45) is 8.65. The molecule has 0 saturated heterocycles. The minimum Gasteiger partial charge on any atom is -0.469 e. The number of carbonyl (C=O) groups excluding carboxylic acids is 2. The third-order valence-corrected chi connectivity index (χ3v) is 6.90. The lowest BCUT2D eigenvalue weighted by Crippen LogP contribution is -2.50. The number of ether oxygens (including phenoxy) is 1. The van der Waals surface area contributed by atoms with Crippen LogP contribution < -0.4 is 11.1 Å². The van der Waals surface area contributed by atoms with Crippen LogP contribution in [-0.2, 0) is 9.53 Å². The zero-order chi connectivity index (χ0) is 19.2. The van der Waals surface area contributed by atoms with Crippen LogP contribution in [0.3, 0.4) is 0 Å². The Labute approximate surface area is 158 Å². The molecule has 0 aliphatic heterocycles. The number of nitrogens with two attached hydrogens (primary N) is 1. The van der Waals surface area contributed by atoms with Gasteiger partial charge < -0.3 is 15.8 Å². The van der Waals surface area contributed by atoms with E-state index in [1.54, 1.807) is 0 Å². The summed E-state index contributed by atoms with van der Waals surface area (Å²) in [5, 5.41) is 3.10. The lowest BCUT2D eigenvalue weighted by Gasteiger charge is -2.51. The van der Waals surface area contributed by atoms with Crippen LogP contribution >= 0.6 is 0 Å². The molecular formula is C20H26N4O3. The van der Waals surface area contributed by atoms with Crippen molar-refractivity contribution in [2.75, 3.05) is 13.7 Å². The molecule has 1 amide bonds. The zero-order valence-electron chi connectivity index (χ0n) is 15.9.